The Balaban J connectivity index is 1.84. The number of aryl methyl sites for hydroxylation is 2. The average molecular weight is 427 g/mol. The second kappa shape index (κ2) is 7.12. The quantitative estimate of drug-likeness (QED) is 0.353. The van der Waals surface area contributed by atoms with Crippen LogP contribution in [0.4, 0.5) is 11.5 Å². The second-order valence-electron chi connectivity index (χ2n) is 7.72. The highest BCUT2D eigenvalue weighted by Gasteiger charge is 2.44. The summed E-state index contributed by atoms with van der Waals surface area (Å²) in [5.74, 6) is -0.281. The van der Waals surface area contributed by atoms with Gasteiger partial charge in [0.05, 0.1) is 21.9 Å². The van der Waals surface area contributed by atoms with Crippen molar-refractivity contribution in [1.82, 2.24) is 4.98 Å². The SMILES string of the molecule is Cc1cc2oc3c(c(=O)c2cc1C)C(c1cccc([N+](=O)[O-])c1)N(c1ccccn1)C3=O. The van der Waals surface area contributed by atoms with Crippen molar-refractivity contribution < 1.29 is 14.1 Å². The molecule has 0 N–H and O–H groups in total. The number of nitrogens with zero attached hydrogens (tertiary/aromatic N) is 3. The van der Waals surface area contributed by atoms with Crippen LogP contribution >= 0.6 is 0 Å². The second-order valence-corrected chi connectivity index (χ2v) is 7.72. The maximum absolute atomic E-state index is 13.6. The maximum Gasteiger partial charge on any atom is 0.296 e. The van der Waals surface area contributed by atoms with E-state index in [1.807, 2.05) is 13.8 Å². The number of carbonyl (C=O) groups is 1. The molecule has 0 fully saturated rings. The summed E-state index contributed by atoms with van der Waals surface area (Å²) < 4.78 is 5.96. The zero-order valence-electron chi connectivity index (χ0n) is 17.2. The molecule has 1 atom stereocenters. The number of hydrogen-bond acceptors (Lipinski definition) is 6. The van der Waals surface area contributed by atoms with Crippen molar-refractivity contribution in [2.75, 3.05) is 4.90 Å². The Morgan fingerprint density at radius 3 is 2.53 bits per heavy atom. The van der Waals surface area contributed by atoms with Gasteiger partial charge in [-0.3, -0.25) is 24.6 Å². The number of carbonyl (C=O) groups excluding carboxylic acids is 1. The Morgan fingerprint density at radius 1 is 1.03 bits per heavy atom. The number of benzene rings is 2. The molecule has 8 nitrogen and oxygen atoms in total. The third kappa shape index (κ3) is 2.88. The van der Waals surface area contributed by atoms with Gasteiger partial charge in [-0.2, -0.15) is 0 Å². The molecule has 3 heterocycles. The van der Waals surface area contributed by atoms with E-state index in [0.29, 0.717) is 22.4 Å². The van der Waals surface area contributed by atoms with E-state index in [2.05, 4.69) is 4.98 Å². The summed E-state index contributed by atoms with van der Waals surface area (Å²) in [5, 5.41) is 11.7. The monoisotopic (exact) mass is 427 g/mol. The van der Waals surface area contributed by atoms with Crippen LogP contribution in [0.5, 0.6) is 0 Å². The summed E-state index contributed by atoms with van der Waals surface area (Å²) in [6.45, 7) is 3.79. The first kappa shape index (κ1) is 19.6. The highest BCUT2D eigenvalue weighted by atomic mass is 16.6. The molecule has 0 aliphatic carbocycles. The molecule has 158 valence electrons. The Hall–Kier alpha value is -4.33. The number of non-ortho nitro benzene ring substituents is 1. The molecule has 4 aromatic rings. The van der Waals surface area contributed by atoms with Gasteiger partial charge in [0, 0.05) is 18.3 Å². The molecule has 0 spiro atoms. The Bertz CT molecular complexity index is 1480. The number of aromatic nitrogens is 1. The number of nitro benzene ring substituents is 1. The fraction of sp³-hybridized carbons (Fsp3) is 0.125. The summed E-state index contributed by atoms with van der Waals surface area (Å²) >= 11 is 0. The van der Waals surface area contributed by atoms with Crippen LogP contribution in [0.1, 0.15) is 38.9 Å². The van der Waals surface area contributed by atoms with Crippen molar-refractivity contribution in [3.63, 3.8) is 0 Å². The molecule has 8 heteroatoms. The first-order chi connectivity index (χ1) is 15.4. The van der Waals surface area contributed by atoms with Crippen molar-refractivity contribution in [3.8, 4) is 0 Å². The van der Waals surface area contributed by atoms with Crippen molar-refractivity contribution in [2.45, 2.75) is 19.9 Å². The zero-order valence-corrected chi connectivity index (χ0v) is 17.2. The van der Waals surface area contributed by atoms with Gasteiger partial charge < -0.3 is 4.42 Å². The summed E-state index contributed by atoms with van der Waals surface area (Å²) in [7, 11) is 0. The van der Waals surface area contributed by atoms with Gasteiger partial charge in [-0.1, -0.05) is 18.2 Å². The number of anilines is 1. The molecule has 1 unspecified atom stereocenters. The molecule has 2 aromatic carbocycles. The molecule has 0 bridgehead atoms. The van der Waals surface area contributed by atoms with Crippen LogP contribution in [0.15, 0.2) is 70.0 Å². The summed E-state index contributed by atoms with van der Waals surface area (Å²) in [4.78, 5) is 43.6. The molecule has 0 saturated heterocycles. The smallest absolute Gasteiger partial charge is 0.296 e. The number of fused-ring (bicyclic) bond motifs is 2. The van der Waals surface area contributed by atoms with E-state index in [9.17, 15) is 19.7 Å². The van der Waals surface area contributed by atoms with Gasteiger partial charge in [-0.25, -0.2) is 4.98 Å². The molecule has 2 aromatic heterocycles. The minimum atomic E-state index is -0.908. The normalized spacial score (nSPS) is 15.2. The number of pyridine rings is 1. The fourth-order valence-corrected chi connectivity index (χ4v) is 4.08. The third-order valence-electron chi connectivity index (χ3n) is 5.78. The molecular weight excluding hydrogens is 410 g/mol. The number of rotatable bonds is 3. The van der Waals surface area contributed by atoms with E-state index >= 15 is 0 Å². The van der Waals surface area contributed by atoms with Gasteiger partial charge in [-0.15, -0.1) is 0 Å². The predicted molar refractivity (Wildman–Crippen MR) is 118 cm³/mol. The van der Waals surface area contributed by atoms with Crippen LogP contribution in [-0.2, 0) is 0 Å². The highest BCUT2D eigenvalue weighted by Crippen LogP contribution is 2.41. The van der Waals surface area contributed by atoms with E-state index < -0.39 is 16.9 Å². The predicted octanol–water partition coefficient (Wildman–Crippen LogP) is 4.46. The Morgan fingerprint density at radius 2 is 1.81 bits per heavy atom. The molecule has 0 radical (unpaired) electrons. The lowest BCUT2D eigenvalue weighted by molar-refractivity contribution is -0.384. The van der Waals surface area contributed by atoms with E-state index in [-0.39, 0.29) is 22.4 Å². The standard InChI is InChI=1S/C24H17N3O5/c1-13-10-17-18(11-14(13)2)32-23-20(22(17)28)21(15-6-5-7-16(12-15)27(30)31)26(24(23)29)19-8-3-4-9-25-19/h3-12,21H,1-2H3. The zero-order chi connectivity index (χ0) is 22.6. The maximum atomic E-state index is 13.6. The molecule has 5 rings (SSSR count). The first-order valence-electron chi connectivity index (χ1n) is 9.93. The molecular formula is C24H17N3O5. The molecule has 0 saturated carbocycles. The molecule has 1 amide bonds. The van der Waals surface area contributed by atoms with E-state index in [0.717, 1.165) is 11.1 Å². The lowest BCUT2D eigenvalue weighted by atomic mass is 9.97. The van der Waals surface area contributed by atoms with Crippen LogP contribution < -0.4 is 10.3 Å². The van der Waals surface area contributed by atoms with Gasteiger partial charge >= 0.3 is 0 Å². The van der Waals surface area contributed by atoms with Gasteiger partial charge in [0.15, 0.2) is 5.43 Å². The Kier molecular flexibility index (Phi) is 4.37. The number of nitro groups is 1. The topological polar surface area (TPSA) is 107 Å². The van der Waals surface area contributed by atoms with Crippen LogP contribution in [0.3, 0.4) is 0 Å². The minimum absolute atomic E-state index is 0.0760. The number of hydrogen-bond donors (Lipinski definition) is 0. The van der Waals surface area contributed by atoms with Gasteiger partial charge in [0.2, 0.25) is 5.76 Å². The lowest BCUT2D eigenvalue weighted by Crippen LogP contribution is -2.30. The van der Waals surface area contributed by atoms with Gasteiger partial charge in [0.1, 0.15) is 11.4 Å². The largest absolute Gasteiger partial charge is 0.450 e. The molecule has 1 aliphatic rings. The fourth-order valence-electron chi connectivity index (χ4n) is 4.08. The average Bonchev–Trinajstić information content (AvgIpc) is 3.08. The summed E-state index contributed by atoms with van der Waals surface area (Å²) in [6, 6.07) is 13.6. The van der Waals surface area contributed by atoms with E-state index in [1.165, 1.54) is 29.3 Å². The van der Waals surface area contributed by atoms with Crippen LogP contribution in [-0.4, -0.2) is 15.8 Å². The molecule has 1 aliphatic heterocycles. The van der Waals surface area contributed by atoms with Crippen molar-refractivity contribution >= 4 is 28.4 Å². The van der Waals surface area contributed by atoms with Crippen molar-refractivity contribution in [3.05, 3.63) is 109 Å². The van der Waals surface area contributed by atoms with Crippen LogP contribution in [0.2, 0.25) is 0 Å². The summed E-state index contributed by atoms with van der Waals surface area (Å²) in [5.41, 5.74) is 2.27. The first-order valence-corrected chi connectivity index (χ1v) is 9.93. The van der Waals surface area contributed by atoms with E-state index in [1.54, 1.807) is 36.4 Å². The molecule has 32 heavy (non-hydrogen) atoms. The highest BCUT2D eigenvalue weighted by molar-refractivity contribution is 6.10. The van der Waals surface area contributed by atoms with Crippen molar-refractivity contribution in [2.24, 2.45) is 0 Å². The van der Waals surface area contributed by atoms with Crippen LogP contribution in [0.25, 0.3) is 11.0 Å². The van der Waals surface area contributed by atoms with Crippen LogP contribution in [0, 0.1) is 24.0 Å². The summed E-state index contributed by atoms with van der Waals surface area (Å²) in [6.07, 6.45) is 1.54. The lowest BCUT2D eigenvalue weighted by Gasteiger charge is -2.23. The van der Waals surface area contributed by atoms with Crippen molar-refractivity contribution in [1.29, 1.82) is 0 Å². The van der Waals surface area contributed by atoms with Gasteiger partial charge in [-0.05, 0) is 54.8 Å². The van der Waals surface area contributed by atoms with E-state index in [4.69, 9.17) is 4.42 Å². The number of amides is 1. The minimum Gasteiger partial charge on any atom is -0.450 e. The van der Waals surface area contributed by atoms with Gasteiger partial charge in [0.25, 0.3) is 11.6 Å². The Labute approximate surface area is 181 Å². The third-order valence-corrected chi connectivity index (χ3v) is 5.78.